The number of hydrogen-bond acceptors (Lipinski definition) is 3. The third-order valence-electron chi connectivity index (χ3n) is 1.38. The molecule has 1 atom stereocenters. The van der Waals surface area contributed by atoms with Gasteiger partial charge in [-0.25, -0.2) is 8.42 Å². The van der Waals surface area contributed by atoms with Crippen LogP contribution in [0.1, 0.15) is 10.3 Å². The van der Waals surface area contributed by atoms with E-state index < -0.39 is 15.2 Å². The van der Waals surface area contributed by atoms with E-state index in [-0.39, 0.29) is 5.75 Å². The lowest BCUT2D eigenvalue weighted by molar-refractivity contribution is 0.600. The van der Waals surface area contributed by atoms with Crippen LogP contribution >= 0.6 is 38.9 Å². The Morgan fingerprint density at radius 3 is 2.69 bits per heavy atom. The van der Waals surface area contributed by atoms with Crippen LogP contribution < -0.4 is 0 Å². The van der Waals surface area contributed by atoms with Crippen molar-refractivity contribution in [2.24, 2.45) is 0 Å². The van der Waals surface area contributed by atoms with E-state index in [2.05, 4.69) is 15.9 Å². The summed E-state index contributed by atoms with van der Waals surface area (Å²) >= 11 is 10.7. The molecule has 0 aromatic carbocycles. The summed E-state index contributed by atoms with van der Waals surface area (Å²) in [4.78, 5) is 0.868. The Bertz CT molecular complexity index is 385. The molecule has 13 heavy (non-hydrogen) atoms. The molecule has 1 rings (SSSR count). The molecule has 1 heterocycles. The van der Waals surface area contributed by atoms with E-state index in [0.717, 1.165) is 9.35 Å². The summed E-state index contributed by atoms with van der Waals surface area (Å²) in [5.74, 6) is -0.0202. The zero-order valence-corrected chi connectivity index (χ0v) is 10.8. The Hall–Kier alpha value is 0.420. The lowest BCUT2D eigenvalue weighted by Crippen LogP contribution is -2.08. The fraction of sp³-hybridized carbons (Fsp3) is 0.429. The van der Waals surface area contributed by atoms with Gasteiger partial charge in [-0.05, 0) is 27.4 Å². The van der Waals surface area contributed by atoms with Gasteiger partial charge in [-0.1, -0.05) is 0 Å². The van der Waals surface area contributed by atoms with Gasteiger partial charge in [0.2, 0.25) is 0 Å². The van der Waals surface area contributed by atoms with Gasteiger partial charge in [0.25, 0.3) is 0 Å². The monoisotopic (exact) mass is 302 g/mol. The quantitative estimate of drug-likeness (QED) is 0.805. The lowest BCUT2D eigenvalue weighted by atomic mass is 10.4. The highest BCUT2D eigenvalue weighted by molar-refractivity contribution is 9.10. The minimum absolute atomic E-state index is 0.0202. The molecule has 0 aliphatic carbocycles. The first kappa shape index (κ1) is 11.5. The maximum atomic E-state index is 11.0. The highest BCUT2D eigenvalue weighted by Crippen LogP contribution is 2.33. The summed E-state index contributed by atoms with van der Waals surface area (Å²) in [6.45, 7) is 0. The molecule has 0 saturated heterocycles. The second-order valence-corrected chi connectivity index (χ2v) is 7.21. The number of hydrogen-bond donors (Lipinski definition) is 0. The molecule has 0 amide bonds. The molecular formula is C7H8BrClO2S2. The van der Waals surface area contributed by atoms with E-state index in [9.17, 15) is 8.42 Å². The fourth-order valence-electron chi connectivity index (χ4n) is 0.870. The van der Waals surface area contributed by atoms with Gasteiger partial charge in [0, 0.05) is 15.6 Å². The van der Waals surface area contributed by atoms with Gasteiger partial charge < -0.3 is 0 Å². The summed E-state index contributed by atoms with van der Waals surface area (Å²) in [7, 11) is -3.01. The highest BCUT2D eigenvalue weighted by Gasteiger charge is 2.17. The first-order valence-corrected chi connectivity index (χ1v) is 7.62. The maximum Gasteiger partial charge on any atom is 0.149 e. The van der Waals surface area contributed by atoms with E-state index >= 15 is 0 Å². The van der Waals surface area contributed by atoms with Gasteiger partial charge in [0.05, 0.1) is 11.1 Å². The molecule has 74 valence electrons. The predicted molar refractivity (Wildman–Crippen MR) is 60.3 cm³/mol. The third-order valence-corrected chi connectivity index (χ3v) is 4.99. The van der Waals surface area contributed by atoms with Crippen molar-refractivity contribution < 1.29 is 8.42 Å². The molecule has 0 N–H and O–H groups in total. The van der Waals surface area contributed by atoms with Gasteiger partial charge in [-0.15, -0.1) is 22.9 Å². The number of sulfone groups is 1. The average molecular weight is 304 g/mol. The SMILES string of the molecule is CS(=O)(=O)CC(Cl)c1sccc1Br. The van der Waals surface area contributed by atoms with Crippen molar-refractivity contribution in [2.75, 3.05) is 12.0 Å². The first-order chi connectivity index (χ1) is 5.90. The Morgan fingerprint density at radius 1 is 1.69 bits per heavy atom. The predicted octanol–water partition coefficient (Wildman–Crippen LogP) is 2.84. The minimum Gasteiger partial charge on any atom is -0.229 e. The van der Waals surface area contributed by atoms with Crippen molar-refractivity contribution in [2.45, 2.75) is 5.38 Å². The smallest absolute Gasteiger partial charge is 0.149 e. The Labute approximate surface area is 95.0 Å². The van der Waals surface area contributed by atoms with Crippen LogP contribution in [-0.2, 0) is 9.84 Å². The molecule has 0 aliphatic heterocycles. The number of alkyl halides is 1. The summed E-state index contributed by atoms with van der Waals surface area (Å²) in [5.41, 5.74) is 0. The first-order valence-electron chi connectivity index (χ1n) is 3.45. The van der Waals surface area contributed by atoms with Crippen LogP contribution in [-0.4, -0.2) is 20.4 Å². The van der Waals surface area contributed by atoms with Crippen LogP contribution in [0.25, 0.3) is 0 Å². The topological polar surface area (TPSA) is 34.1 Å². The van der Waals surface area contributed by atoms with Crippen molar-refractivity contribution in [3.8, 4) is 0 Å². The van der Waals surface area contributed by atoms with Gasteiger partial charge in [-0.3, -0.25) is 0 Å². The van der Waals surface area contributed by atoms with Crippen molar-refractivity contribution in [3.05, 3.63) is 20.8 Å². The van der Waals surface area contributed by atoms with Crippen molar-refractivity contribution >= 4 is 48.7 Å². The molecule has 0 radical (unpaired) electrons. The van der Waals surface area contributed by atoms with Gasteiger partial charge in [0.1, 0.15) is 9.84 Å². The van der Waals surface area contributed by atoms with Crippen LogP contribution in [0, 0.1) is 0 Å². The van der Waals surface area contributed by atoms with Crippen molar-refractivity contribution in [3.63, 3.8) is 0 Å². The van der Waals surface area contributed by atoms with Crippen LogP contribution in [0.15, 0.2) is 15.9 Å². The molecule has 0 spiro atoms. The second kappa shape index (κ2) is 4.29. The highest BCUT2D eigenvalue weighted by atomic mass is 79.9. The van der Waals surface area contributed by atoms with E-state index in [4.69, 9.17) is 11.6 Å². The molecule has 1 aromatic heterocycles. The van der Waals surface area contributed by atoms with Gasteiger partial charge in [0.15, 0.2) is 0 Å². The summed E-state index contributed by atoms with van der Waals surface area (Å²) < 4.78 is 22.8. The zero-order chi connectivity index (χ0) is 10.1. The van der Waals surface area contributed by atoms with Gasteiger partial charge >= 0.3 is 0 Å². The second-order valence-electron chi connectivity index (χ2n) is 2.69. The Morgan fingerprint density at radius 2 is 2.31 bits per heavy atom. The minimum atomic E-state index is -3.01. The lowest BCUT2D eigenvalue weighted by Gasteiger charge is -2.05. The molecule has 1 aromatic rings. The molecule has 0 aliphatic rings. The van der Waals surface area contributed by atoms with E-state index in [0.29, 0.717) is 0 Å². The number of halogens is 2. The normalized spacial score (nSPS) is 14.4. The summed E-state index contributed by atoms with van der Waals surface area (Å²) in [6, 6.07) is 1.86. The van der Waals surface area contributed by atoms with Crippen molar-refractivity contribution in [1.29, 1.82) is 0 Å². The molecule has 6 heteroatoms. The van der Waals surface area contributed by atoms with E-state index in [1.165, 1.54) is 17.6 Å². The Kier molecular flexibility index (Phi) is 3.80. The van der Waals surface area contributed by atoms with Crippen molar-refractivity contribution in [1.82, 2.24) is 0 Å². The average Bonchev–Trinajstić information content (AvgIpc) is 2.30. The van der Waals surface area contributed by atoms with Crippen LogP contribution in [0.5, 0.6) is 0 Å². The molecule has 0 bridgehead atoms. The molecule has 2 nitrogen and oxygen atoms in total. The number of thiophene rings is 1. The summed E-state index contributed by atoms with van der Waals surface area (Å²) in [5, 5.41) is 1.42. The maximum absolute atomic E-state index is 11.0. The standard InChI is InChI=1S/C7H8BrClO2S2/c1-13(10,11)4-6(9)7-5(8)2-3-12-7/h2-3,6H,4H2,1H3. The molecule has 0 fully saturated rings. The fourth-order valence-corrected chi connectivity index (χ4v) is 4.39. The third kappa shape index (κ3) is 3.58. The molecule has 1 unspecified atom stereocenters. The van der Waals surface area contributed by atoms with E-state index in [1.54, 1.807) is 0 Å². The number of rotatable bonds is 3. The van der Waals surface area contributed by atoms with E-state index in [1.807, 2.05) is 11.4 Å². The summed E-state index contributed by atoms with van der Waals surface area (Å²) in [6.07, 6.45) is 1.18. The van der Waals surface area contributed by atoms with Crippen LogP contribution in [0.2, 0.25) is 0 Å². The van der Waals surface area contributed by atoms with Crippen LogP contribution in [0.4, 0.5) is 0 Å². The van der Waals surface area contributed by atoms with Crippen LogP contribution in [0.3, 0.4) is 0 Å². The largest absolute Gasteiger partial charge is 0.229 e. The molecule has 0 saturated carbocycles. The zero-order valence-electron chi connectivity index (χ0n) is 6.83. The van der Waals surface area contributed by atoms with Gasteiger partial charge in [-0.2, -0.15) is 0 Å². The Balaban J connectivity index is 2.81. The molecular weight excluding hydrogens is 296 g/mol.